The molecular weight excluding hydrogens is 219 g/mol. The van der Waals surface area contributed by atoms with Gasteiger partial charge in [-0.25, -0.2) is 4.39 Å². The third-order valence-corrected chi connectivity index (χ3v) is 3.05. The molecule has 1 aromatic carbocycles. The van der Waals surface area contributed by atoms with Crippen molar-refractivity contribution < 1.29 is 13.9 Å². The molecule has 1 aromatic rings. The summed E-state index contributed by atoms with van der Waals surface area (Å²) in [6.45, 7) is 5.28. The zero-order chi connectivity index (χ0) is 12.3. The fourth-order valence-corrected chi connectivity index (χ4v) is 2.03. The summed E-state index contributed by atoms with van der Waals surface area (Å²) in [5.74, 6) is 0.592. The molecule has 0 radical (unpaired) electrons. The lowest BCUT2D eigenvalue weighted by molar-refractivity contribution is 0.0678. The molecule has 1 heterocycles. The van der Waals surface area contributed by atoms with Crippen LogP contribution < -0.4 is 4.74 Å². The van der Waals surface area contributed by atoms with Gasteiger partial charge in [-0.15, -0.1) is 0 Å². The van der Waals surface area contributed by atoms with Gasteiger partial charge < -0.3 is 9.47 Å². The van der Waals surface area contributed by atoms with Crippen molar-refractivity contribution in [1.29, 1.82) is 0 Å². The smallest absolute Gasteiger partial charge is 0.130 e. The lowest BCUT2D eigenvalue weighted by Crippen LogP contribution is -2.16. The summed E-state index contributed by atoms with van der Waals surface area (Å²) in [5.41, 5.74) is 0.731. The summed E-state index contributed by atoms with van der Waals surface area (Å²) in [6.07, 6.45) is 2.30. The Bertz CT molecular complexity index is 370. The maximum atomic E-state index is 13.7. The molecule has 17 heavy (non-hydrogen) atoms. The summed E-state index contributed by atoms with van der Waals surface area (Å²) in [5, 5.41) is 0. The molecule has 2 rings (SSSR count). The van der Waals surface area contributed by atoms with Gasteiger partial charge in [0, 0.05) is 12.7 Å². The number of hydrogen-bond acceptors (Lipinski definition) is 2. The van der Waals surface area contributed by atoms with Crippen molar-refractivity contribution >= 4 is 0 Å². The molecule has 1 atom stereocenters. The summed E-state index contributed by atoms with van der Waals surface area (Å²) in [4.78, 5) is 0. The minimum Gasteiger partial charge on any atom is -0.491 e. The van der Waals surface area contributed by atoms with Gasteiger partial charge in [-0.05, 0) is 30.4 Å². The molecule has 0 unspecified atom stereocenters. The van der Waals surface area contributed by atoms with Gasteiger partial charge in [0.2, 0.25) is 0 Å². The summed E-state index contributed by atoms with van der Waals surface area (Å²) < 4.78 is 24.7. The van der Waals surface area contributed by atoms with Gasteiger partial charge in [0.1, 0.15) is 18.2 Å². The highest BCUT2D eigenvalue weighted by Crippen LogP contribution is 2.23. The average Bonchev–Trinajstić information content (AvgIpc) is 2.78. The fourth-order valence-electron chi connectivity index (χ4n) is 2.03. The highest BCUT2D eigenvalue weighted by Gasteiger charge is 2.16. The van der Waals surface area contributed by atoms with Crippen LogP contribution in [0.5, 0.6) is 5.75 Å². The van der Waals surface area contributed by atoms with Crippen LogP contribution in [-0.2, 0) is 4.74 Å². The third kappa shape index (κ3) is 3.19. The quantitative estimate of drug-likeness (QED) is 0.799. The minimum absolute atomic E-state index is 0.169. The van der Waals surface area contributed by atoms with Gasteiger partial charge in [-0.3, -0.25) is 0 Å². The highest BCUT2D eigenvalue weighted by atomic mass is 19.1. The predicted octanol–water partition coefficient (Wildman–Crippen LogP) is 3.51. The number of rotatable bonds is 4. The van der Waals surface area contributed by atoms with Gasteiger partial charge in [0.05, 0.1) is 6.10 Å². The summed E-state index contributed by atoms with van der Waals surface area (Å²) in [6, 6.07) is 5.09. The van der Waals surface area contributed by atoms with E-state index < -0.39 is 0 Å². The van der Waals surface area contributed by atoms with Crippen molar-refractivity contribution in [3.8, 4) is 5.75 Å². The normalized spacial score (nSPS) is 19.9. The largest absolute Gasteiger partial charge is 0.491 e. The molecule has 0 saturated carbocycles. The van der Waals surface area contributed by atoms with E-state index in [9.17, 15) is 4.39 Å². The highest BCUT2D eigenvalue weighted by molar-refractivity contribution is 5.30. The molecule has 2 nitrogen and oxygen atoms in total. The second-order valence-corrected chi connectivity index (χ2v) is 4.78. The van der Waals surface area contributed by atoms with Gasteiger partial charge in [-0.1, -0.05) is 19.9 Å². The second kappa shape index (κ2) is 5.50. The lowest BCUT2D eigenvalue weighted by atomic mass is 10.0. The van der Waals surface area contributed by atoms with E-state index in [2.05, 4.69) is 0 Å². The molecule has 0 N–H and O–H groups in total. The molecule has 0 aliphatic carbocycles. The van der Waals surface area contributed by atoms with E-state index in [0.717, 1.165) is 25.0 Å². The third-order valence-electron chi connectivity index (χ3n) is 3.05. The SMILES string of the molecule is CC(C)c1ccc(OC[C@H]2CCCO2)cc1F. The van der Waals surface area contributed by atoms with Gasteiger partial charge >= 0.3 is 0 Å². The van der Waals surface area contributed by atoms with Crippen LogP contribution in [0.1, 0.15) is 38.2 Å². The van der Waals surface area contributed by atoms with E-state index in [1.54, 1.807) is 6.07 Å². The monoisotopic (exact) mass is 238 g/mol. The van der Waals surface area contributed by atoms with Gasteiger partial charge in [0.25, 0.3) is 0 Å². The van der Waals surface area contributed by atoms with Crippen molar-refractivity contribution in [2.45, 2.75) is 38.7 Å². The first kappa shape index (κ1) is 12.4. The van der Waals surface area contributed by atoms with Crippen molar-refractivity contribution in [2.24, 2.45) is 0 Å². The van der Waals surface area contributed by atoms with Crippen LogP contribution >= 0.6 is 0 Å². The Hall–Kier alpha value is -1.09. The van der Waals surface area contributed by atoms with E-state index >= 15 is 0 Å². The van der Waals surface area contributed by atoms with E-state index in [1.807, 2.05) is 19.9 Å². The van der Waals surface area contributed by atoms with Crippen molar-refractivity contribution in [3.05, 3.63) is 29.6 Å². The Morgan fingerprint density at radius 2 is 2.29 bits per heavy atom. The van der Waals surface area contributed by atoms with E-state index in [0.29, 0.717) is 12.4 Å². The Kier molecular flexibility index (Phi) is 4.00. The fraction of sp³-hybridized carbons (Fsp3) is 0.571. The molecule has 1 aliphatic rings. The molecule has 1 saturated heterocycles. The first-order valence-corrected chi connectivity index (χ1v) is 6.20. The topological polar surface area (TPSA) is 18.5 Å². The number of hydrogen-bond donors (Lipinski definition) is 0. The van der Waals surface area contributed by atoms with Crippen LogP contribution in [0.3, 0.4) is 0 Å². The van der Waals surface area contributed by atoms with E-state index in [-0.39, 0.29) is 17.8 Å². The molecule has 0 amide bonds. The first-order chi connectivity index (χ1) is 8.16. The number of benzene rings is 1. The van der Waals surface area contributed by atoms with Crippen LogP contribution in [0.2, 0.25) is 0 Å². The molecule has 0 spiro atoms. The molecule has 3 heteroatoms. The molecule has 94 valence electrons. The Morgan fingerprint density at radius 1 is 1.47 bits per heavy atom. The van der Waals surface area contributed by atoms with Crippen LogP contribution in [0.15, 0.2) is 18.2 Å². The maximum Gasteiger partial charge on any atom is 0.130 e. The Balaban J connectivity index is 1.94. The van der Waals surface area contributed by atoms with Crippen LogP contribution in [0, 0.1) is 5.82 Å². The average molecular weight is 238 g/mol. The van der Waals surface area contributed by atoms with E-state index in [4.69, 9.17) is 9.47 Å². The summed E-state index contributed by atoms with van der Waals surface area (Å²) in [7, 11) is 0. The van der Waals surface area contributed by atoms with Crippen molar-refractivity contribution in [1.82, 2.24) is 0 Å². The van der Waals surface area contributed by atoms with Crippen molar-refractivity contribution in [2.75, 3.05) is 13.2 Å². The number of halogens is 1. The molecule has 0 aromatic heterocycles. The van der Waals surface area contributed by atoms with Crippen molar-refractivity contribution in [3.63, 3.8) is 0 Å². The Labute approximate surface area is 102 Å². The maximum absolute atomic E-state index is 13.7. The second-order valence-electron chi connectivity index (χ2n) is 4.78. The lowest BCUT2D eigenvalue weighted by Gasteiger charge is -2.13. The van der Waals surface area contributed by atoms with E-state index in [1.165, 1.54) is 6.07 Å². The molecule has 0 bridgehead atoms. The van der Waals surface area contributed by atoms with Gasteiger partial charge in [-0.2, -0.15) is 0 Å². The standard InChI is InChI=1S/C14H19FO2/c1-10(2)13-6-5-11(8-14(13)15)17-9-12-4-3-7-16-12/h5-6,8,10,12H,3-4,7,9H2,1-2H3/t12-/m1/s1. The van der Waals surface area contributed by atoms with Crippen LogP contribution in [0.4, 0.5) is 4.39 Å². The summed E-state index contributed by atoms with van der Waals surface area (Å²) >= 11 is 0. The van der Waals surface area contributed by atoms with Gasteiger partial charge in [0.15, 0.2) is 0 Å². The molecular formula is C14H19FO2. The van der Waals surface area contributed by atoms with Crippen LogP contribution in [0.25, 0.3) is 0 Å². The molecule has 1 aliphatic heterocycles. The number of ether oxygens (including phenoxy) is 2. The zero-order valence-corrected chi connectivity index (χ0v) is 10.4. The predicted molar refractivity (Wildman–Crippen MR) is 65.0 cm³/mol. The Morgan fingerprint density at radius 3 is 2.88 bits per heavy atom. The molecule has 1 fully saturated rings. The van der Waals surface area contributed by atoms with Crippen LogP contribution in [-0.4, -0.2) is 19.3 Å². The minimum atomic E-state index is -0.190. The first-order valence-electron chi connectivity index (χ1n) is 6.20. The zero-order valence-electron chi connectivity index (χ0n) is 10.4.